The maximum absolute atomic E-state index is 13.2. The summed E-state index contributed by atoms with van der Waals surface area (Å²) in [5.74, 6) is -0.537. The third-order valence-corrected chi connectivity index (χ3v) is 4.47. The summed E-state index contributed by atoms with van der Waals surface area (Å²) in [5, 5.41) is 1.28. The minimum Gasteiger partial charge on any atom is -0.457 e. The van der Waals surface area contributed by atoms with Crippen LogP contribution in [0.3, 0.4) is 0 Å². The molecule has 0 fully saturated rings. The number of amides is 3. The molecular weight excluding hydrogens is 449 g/mol. The van der Waals surface area contributed by atoms with Gasteiger partial charge in [-0.3, -0.25) is 14.7 Å². The van der Waals surface area contributed by atoms with Crippen molar-refractivity contribution in [2.45, 2.75) is 6.18 Å². The van der Waals surface area contributed by atoms with E-state index in [1.165, 1.54) is 48.7 Å². The molecule has 0 bridgehead atoms. The van der Waals surface area contributed by atoms with Gasteiger partial charge in [-0.1, -0.05) is 11.6 Å². The topological polar surface area (TPSA) is 97.5 Å². The van der Waals surface area contributed by atoms with Crippen molar-refractivity contribution in [3.63, 3.8) is 0 Å². The Morgan fingerprint density at radius 1 is 1.09 bits per heavy atom. The number of hydrogen-bond acceptors (Lipinski definition) is 4. The van der Waals surface area contributed by atoms with E-state index in [9.17, 15) is 22.8 Å². The molecule has 0 saturated heterocycles. The number of hydrogen-bond donors (Lipinski definition) is 2. The van der Waals surface area contributed by atoms with Crippen molar-refractivity contribution in [2.75, 3.05) is 11.9 Å². The molecule has 3 N–H and O–H groups in total. The van der Waals surface area contributed by atoms with Crippen LogP contribution in [0.1, 0.15) is 20.2 Å². The number of alkyl halides is 3. The van der Waals surface area contributed by atoms with Crippen LogP contribution >= 0.6 is 11.6 Å². The Kier molecular flexibility index (Phi) is 5.41. The van der Waals surface area contributed by atoms with E-state index in [1.54, 1.807) is 5.32 Å². The van der Waals surface area contributed by atoms with Gasteiger partial charge in [0, 0.05) is 23.4 Å². The van der Waals surface area contributed by atoms with Gasteiger partial charge in [0.1, 0.15) is 17.2 Å². The summed E-state index contributed by atoms with van der Waals surface area (Å²) in [6.07, 6.45) is -3.50. The number of anilines is 2. The molecule has 2 aromatic carbocycles. The summed E-state index contributed by atoms with van der Waals surface area (Å²) in [6.45, 7) is -2.69. The average Bonchev–Trinajstić information content (AvgIpc) is 2.74. The van der Waals surface area contributed by atoms with Gasteiger partial charge < -0.3 is 15.8 Å². The number of pyridine rings is 1. The predicted molar refractivity (Wildman–Crippen MR) is 112 cm³/mol. The summed E-state index contributed by atoms with van der Waals surface area (Å²) in [4.78, 5) is 28.7. The Balaban J connectivity index is 1.84. The van der Waals surface area contributed by atoms with Gasteiger partial charge in [0.05, 0.1) is 22.0 Å². The molecule has 1 aromatic heterocycles. The molecule has 3 aromatic rings. The van der Waals surface area contributed by atoms with Gasteiger partial charge in [-0.15, -0.1) is 0 Å². The smallest absolute Gasteiger partial charge is 0.417 e. The Morgan fingerprint density at radius 2 is 1.78 bits per heavy atom. The Bertz CT molecular complexity index is 1260. The summed E-state index contributed by atoms with van der Waals surface area (Å²) in [5.41, 5.74) is 4.08. The molecule has 0 spiro atoms. The second-order valence-corrected chi connectivity index (χ2v) is 6.67. The van der Waals surface area contributed by atoms with Crippen molar-refractivity contribution in [3.05, 3.63) is 77.1 Å². The van der Waals surface area contributed by atoms with Crippen LogP contribution < -0.4 is 20.7 Å². The quantitative estimate of drug-likeness (QED) is 0.544. The lowest BCUT2D eigenvalue weighted by molar-refractivity contribution is -0.137. The third-order valence-electron chi connectivity index (χ3n) is 4.14. The fourth-order valence-corrected chi connectivity index (χ4v) is 2.96. The number of carbonyl (C=O) groups is 2. The Labute approximate surface area is 189 Å². The van der Waals surface area contributed by atoms with Crippen molar-refractivity contribution in [1.29, 1.82) is 0 Å². The number of benzene rings is 2. The van der Waals surface area contributed by atoms with Gasteiger partial charge in [-0.2, -0.15) is 13.2 Å². The number of rotatable bonds is 5. The van der Waals surface area contributed by atoms with E-state index >= 15 is 0 Å². The zero-order chi connectivity index (χ0) is 26.0. The highest BCUT2D eigenvalue weighted by Gasteiger charge is 2.34. The SMILES string of the molecule is [2H]C([2H])([2H])NC(=O)c1cc(Oc2ccc(N(C(N)=O)c3ccc(Cl)c(C(F)(F)F)c3)cc2)ccn1. The van der Waals surface area contributed by atoms with Crippen molar-refractivity contribution in [3.8, 4) is 11.5 Å². The Morgan fingerprint density at radius 3 is 2.41 bits per heavy atom. The van der Waals surface area contributed by atoms with E-state index in [1.807, 2.05) is 0 Å². The van der Waals surface area contributed by atoms with E-state index in [4.69, 9.17) is 26.2 Å². The van der Waals surface area contributed by atoms with E-state index in [2.05, 4.69) is 4.98 Å². The number of ether oxygens (including phenoxy) is 1. The first-order valence-electron chi connectivity index (χ1n) is 10.3. The normalized spacial score (nSPS) is 12.8. The van der Waals surface area contributed by atoms with Crippen LogP contribution in [0.25, 0.3) is 0 Å². The lowest BCUT2D eigenvalue weighted by atomic mass is 10.1. The Hall–Kier alpha value is -3.79. The van der Waals surface area contributed by atoms with Crippen molar-refractivity contribution in [2.24, 2.45) is 5.73 Å². The third kappa shape index (κ3) is 5.09. The van der Waals surface area contributed by atoms with E-state index in [-0.39, 0.29) is 28.6 Å². The first kappa shape index (κ1) is 18.9. The van der Waals surface area contributed by atoms with E-state index in [0.717, 1.165) is 11.0 Å². The van der Waals surface area contributed by atoms with E-state index < -0.39 is 35.7 Å². The molecule has 32 heavy (non-hydrogen) atoms. The fraction of sp³-hybridized carbons (Fsp3) is 0.0952. The molecular formula is C21H16ClF3N4O3. The number of nitrogens with two attached hydrogens (primary N) is 1. The molecule has 0 aliphatic carbocycles. The molecule has 0 aliphatic heterocycles. The van der Waals surface area contributed by atoms with Crippen molar-refractivity contribution >= 4 is 34.9 Å². The fourth-order valence-electron chi connectivity index (χ4n) is 2.74. The first-order valence-corrected chi connectivity index (χ1v) is 9.15. The number of carbonyl (C=O) groups excluding carboxylic acids is 2. The van der Waals surface area contributed by atoms with Crippen LogP contribution in [0, 0.1) is 0 Å². The highest BCUT2D eigenvalue weighted by atomic mass is 35.5. The van der Waals surface area contributed by atoms with Crippen LogP contribution in [0.2, 0.25) is 5.02 Å². The second-order valence-electron chi connectivity index (χ2n) is 6.26. The standard InChI is InChI=1S/C21H16ClF3N4O3/c1-27-19(30)18-11-15(8-9-28-18)32-14-5-2-12(3-6-14)29(20(26)31)13-4-7-17(22)16(10-13)21(23,24)25/h2-11H,1H3,(H2,26,31)(H,27,30)/i1D3. The molecule has 0 radical (unpaired) electrons. The van der Waals surface area contributed by atoms with Crippen LogP contribution in [0.5, 0.6) is 11.5 Å². The molecule has 0 saturated carbocycles. The minimum absolute atomic E-state index is 0.146. The summed E-state index contributed by atoms with van der Waals surface area (Å²) in [7, 11) is 0. The van der Waals surface area contributed by atoms with Crippen LogP contribution in [-0.2, 0) is 6.18 Å². The van der Waals surface area contributed by atoms with Crippen molar-refractivity contribution < 1.29 is 31.6 Å². The van der Waals surface area contributed by atoms with Crippen LogP contribution in [-0.4, -0.2) is 23.9 Å². The van der Waals surface area contributed by atoms with Gasteiger partial charge in [-0.05, 0) is 48.5 Å². The molecule has 3 amide bonds. The zero-order valence-corrected chi connectivity index (χ0v) is 16.7. The molecule has 7 nitrogen and oxygen atoms in total. The molecule has 0 aliphatic rings. The second kappa shape index (κ2) is 9.15. The van der Waals surface area contributed by atoms with Crippen LogP contribution in [0.4, 0.5) is 29.3 Å². The van der Waals surface area contributed by atoms with Gasteiger partial charge in [0.15, 0.2) is 0 Å². The number of nitrogens with zero attached hydrogens (tertiary/aromatic N) is 2. The number of aromatic nitrogens is 1. The molecule has 1 heterocycles. The maximum atomic E-state index is 13.2. The highest BCUT2D eigenvalue weighted by molar-refractivity contribution is 6.31. The summed E-state index contributed by atoms with van der Waals surface area (Å²) in [6, 6.07) is 10.1. The van der Waals surface area contributed by atoms with Crippen LogP contribution in [0.15, 0.2) is 60.8 Å². The molecule has 3 rings (SSSR count). The lowest BCUT2D eigenvalue weighted by Gasteiger charge is -2.22. The molecule has 0 unspecified atom stereocenters. The molecule has 11 heteroatoms. The monoisotopic (exact) mass is 467 g/mol. The molecule has 0 atom stereocenters. The lowest BCUT2D eigenvalue weighted by Crippen LogP contribution is -2.31. The predicted octanol–water partition coefficient (Wildman–Crippen LogP) is 5.12. The first-order chi connectivity index (χ1) is 16.2. The van der Waals surface area contributed by atoms with Gasteiger partial charge >= 0.3 is 12.2 Å². The minimum atomic E-state index is -4.74. The number of primary amides is 1. The highest BCUT2D eigenvalue weighted by Crippen LogP contribution is 2.38. The van der Waals surface area contributed by atoms with Crippen molar-refractivity contribution in [1.82, 2.24) is 10.3 Å². The number of nitrogens with one attached hydrogen (secondary N) is 1. The molecule has 166 valence electrons. The number of urea groups is 1. The summed E-state index contributed by atoms with van der Waals surface area (Å²) >= 11 is 5.64. The number of halogens is 4. The largest absolute Gasteiger partial charge is 0.457 e. The summed E-state index contributed by atoms with van der Waals surface area (Å²) < 4.78 is 66.5. The maximum Gasteiger partial charge on any atom is 0.417 e. The van der Waals surface area contributed by atoms with Gasteiger partial charge in [0.25, 0.3) is 5.91 Å². The average molecular weight is 468 g/mol. The van der Waals surface area contributed by atoms with Gasteiger partial charge in [-0.25, -0.2) is 4.79 Å². The van der Waals surface area contributed by atoms with E-state index in [0.29, 0.717) is 6.07 Å². The zero-order valence-electron chi connectivity index (χ0n) is 19.0. The van der Waals surface area contributed by atoms with Gasteiger partial charge in [0.2, 0.25) is 0 Å².